The molecule has 3 aromatic rings. The molecule has 0 aromatic heterocycles. The van der Waals surface area contributed by atoms with Crippen LogP contribution in [0.4, 0.5) is 5.69 Å². The number of benzene rings is 3. The van der Waals surface area contributed by atoms with E-state index in [1.165, 1.54) is 17.3 Å². The molecule has 0 spiro atoms. The molecule has 0 heterocycles. The molecule has 1 amide bonds. The van der Waals surface area contributed by atoms with Crippen molar-refractivity contribution in [2.75, 3.05) is 17.7 Å². The minimum absolute atomic E-state index is 0.148. The van der Waals surface area contributed by atoms with E-state index in [0.717, 1.165) is 4.90 Å². The fourth-order valence-corrected chi connectivity index (χ4v) is 4.37. The van der Waals surface area contributed by atoms with E-state index in [1.54, 1.807) is 42.5 Å². The lowest BCUT2D eigenvalue weighted by Crippen LogP contribution is -2.26. The molecule has 4 rings (SSSR count). The van der Waals surface area contributed by atoms with Crippen molar-refractivity contribution in [2.45, 2.75) is 18.2 Å². The van der Waals surface area contributed by atoms with Gasteiger partial charge in [0.1, 0.15) is 0 Å². The van der Waals surface area contributed by atoms with Gasteiger partial charge in [0.15, 0.2) is 18.2 Å². The number of nitrogens with one attached hydrogen (secondary N) is 1. The van der Waals surface area contributed by atoms with E-state index in [1.807, 2.05) is 31.2 Å². The first-order chi connectivity index (χ1) is 15.9. The van der Waals surface area contributed by atoms with Crippen molar-refractivity contribution in [3.63, 3.8) is 0 Å². The summed E-state index contributed by atoms with van der Waals surface area (Å²) in [5.74, 6) is -1.14. The molecule has 166 valence electrons. The lowest BCUT2D eigenvalue weighted by atomic mass is 9.83. The Morgan fingerprint density at radius 3 is 2.24 bits per heavy atom. The summed E-state index contributed by atoms with van der Waals surface area (Å²) >= 11 is 1.53. The number of fused-ring (bicyclic) bond motifs is 2. The Morgan fingerprint density at radius 2 is 1.52 bits per heavy atom. The number of amides is 1. The number of anilines is 1. The highest BCUT2D eigenvalue weighted by Gasteiger charge is 2.31. The number of ether oxygens (including phenoxy) is 1. The summed E-state index contributed by atoms with van der Waals surface area (Å²) < 4.78 is 5.07. The molecule has 0 fully saturated rings. The van der Waals surface area contributed by atoms with Gasteiger partial charge in [-0.15, -0.1) is 11.8 Å². The van der Waals surface area contributed by atoms with Gasteiger partial charge in [-0.05, 0) is 25.1 Å². The van der Waals surface area contributed by atoms with Crippen LogP contribution >= 0.6 is 11.8 Å². The second-order valence-corrected chi connectivity index (χ2v) is 8.72. The number of hydrogen-bond acceptors (Lipinski definition) is 6. The number of hydrogen-bond donors (Lipinski definition) is 1. The van der Waals surface area contributed by atoms with Crippen LogP contribution in [0.5, 0.6) is 0 Å². The molecule has 1 N–H and O–H groups in total. The van der Waals surface area contributed by atoms with E-state index in [2.05, 4.69) is 5.32 Å². The van der Waals surface area contributed by atoms with Crippen LogP contribution in [0.3, 0.4) is 0 Å². The van der Waals surface area contributed by atoms with Gasteiger partial charge >= 0.3 is 5.97 Å². The third kappa shape index (κ3) is 5.04. The first-order valence-electron chi connectivity index (χ1n) is 10.4. The molecular formula is C26H21NO5S. The predicted molar refractivity (Wildman–Crippen MR) is 126 cm³/mol. The molecule has 0 radical (unpaired) electrons. The van der Waals surface area contributed by atoms with Crippen LogP contribution in [-0.4, -0.2) is 35.8 Å². The van der Waals surface area contributed by atoms with Gasteiger partial charge in [-0.3, -0.25) is 19.2 Å². The topological polar surface area (TPSA) is 89.5 Å². The number of rotatable bonds is 7. The molecule has 0 bridgehead atoms. The maximum Gasteiger partial charge on any atom is 0.307 e. The first-order valence-corrected chi connectivity index (χ1v) is 11.4. The molecule has 0 aliphatic heterocycles. The molecule has 1 aliphatic rings. The number of ketones is 2. The largest absolute Gasteiger partial charge is 0.456 e. The molecule has 3 aromatic carbocycles. The zero-order valence-electron chi connectivity index (χ0n) is 17.9. The Morgan fingerprint density at radius 1 is 0.848 bits per heavy atom. The zero-order chi connectivity index (χ0) is 23.4. The third-order valence-electron chi connectivity index (χ3n) is 5.19. The molecular weight excluding hydrogens is 438 g/mol. The lowest BCUT2D eigenvalue weighted by molar-refractivity contribution is -0.146. The number of esters is 1. The molecule has 1 aliphatic carbocycles. The first kappa shape index (κ1) is 22.5. The minimum Gasteiger partial charge on any atom is -0.456 e. The molecule has 6 nitrogen and oxygen atoms in total. The maximum atomic E-state index is 13.0. The standard InChI is InChI=1S/C26H21NO5S/c1-16-9-11-17(12-10-16)33-14-13-23(29)32-15-22(28)27-21-8-4-7-20-24(21)26(31)19-6-3-2-5-18(19)25(20)30/h2-12H,13-15H2,1H3,(H,27,28). The number of aryl methyl sites for hydroxylation is 1. The molecule has 0 saturated heterocycles. The Labute approximate surface area is 195 Å². The Kier molecular flexibility index (Phi) is 6.70. The Bertz CT molecular complexity index is 1250. The maximum absolute atomic E-state index is 13.0. The fourth-order valence-electron chi connectivity index (χ4n) is 3.54. The van der Waals surface area contributed by atoms with Crippen molar-refractivity contribution in [2.24, 2.45) is 0 Å². The monoisotopic (exact) mass is 459 g/mol. The second kappa shape index (κ2) is 9.83. The van der Waals surface area contributed by atoms with Crippen molar-refractivity contribution in [1.29, 1.82) is 0 Å². The van der Waals surface area contributed by atoms with Crippen LogP contribution < -0.4 is 5.32 Å². The highest BCUT2D eigenvalue weighted by Crippen LogP contribution is 2.31. The summed E-state index contributed by atoms with van der Waals surface area (Å²) in [5.41, 5.74) is 2.41. The van der Waals surface area contributed by atoms with Crippen molar-refractivity contribution >= 4 is 40.9 Å². The van der Waals surface area contributed by atoms with Gasteiger partial charge in [-0.2, -0.15) is 0 Å². The van der Waals surface area contributed by atoms with E-state index in [9.17, 15) is 19.2 Å². The van der Waals surface area contributed by atoms with Crippen LogP contribution in [-0.2, 0) is 14.3 Å². The predicted octanol–water partition coefficient (Wildman–Crippen LogP) is 4.43. The van der Waals surface area contributed by atoms with Crippen LogP contribution in [0.15, 0.2) is 71.6 Å². The van der Waals surface area contributed by atoms with Crippen molar-refractivity contribution < 1.29 is 23.9 Å². The summed E-state index contributed by atoms with van der Waals surface area (Å²) in [6.07, 6.45) is 0.163. The quantitative estimate of drug-likeness (QED) is 0.325. The molecule has 0 atom stereocenters. The van der Waals surface area contributed by atoms with E-state index in [0.29, 0.717) is 16.9 Å². The third-order valence-corrected chi connectivity index (χ3v) is 6.20. The number of thioether (sulfide) groups is 1. The van der Waals surface area contributed by atoms with Crippen molar-refractivity contribution in [1.82, 2.24) is 0 Å². The summed E-state index contributed by atoms with van der Waals surface area (Å²) in [6, 6.07) is 19.3. The van der Waals surface area contributed by atoms with Gasteiger partial charge in [0.05, 0.1) is 17.7 Å². The van der Waals surface area contributed by atoms with E-state index >= 15 is 0 Å². The molecule has 7 heteroatoms. The Balaban J connectivity index is 1.34. The second-order valence-electron chi connectivity index (χ2n) is 7.55. The van der Waals surface area contributed by atoms with E-state index in [-0.39, 0.29) is 34.8 Å². The molecule has 0 saturated carbocycles. The fraction of sp³-hybridized carbons (Fsp3) is 0.154. The SMILES string of the molecule is Cc1ccc(SCCC(=O)OCC(=O)Nc2cccc3c2C(=O)c2ccccc2C3=O)cc1. The number of carbonyl (C=O) groups excluding carboxylic acids is 4. The van der Waals surface area contributed by atoms with Gasteiger partial charge in [0, 0.05) is 27.3 Å². The summed E-state index contributed by atoms with van der Waals surface area (Å²) in [7, 11) is 0. The van der Waals surface area contributed by atoms with Crippen LogP contribution in [0.1, 0.15) is 43.8 Å². The van der Waals surface area contributed by atoms with E-state index < -0.39 is 18.5 Å². The highest BCUT2D eigenvalue weighted by molar-refractivity contribution is 7.99. The van der Waals surface area contributed by atoms with E-state index in [4.69, 9.17) is 4.74 Å². The van der Waals surface area contributed by atoms with Crippen LogP contribution in [0.2, 0.25) is 0 Å². The average molecular weight is 460 g/mol. The van der Waals surface area contributed by atoms with Gasteiger partial charge < -0.3 is 10.1 Å². The van der Waals surface area contributed by atoms with Crippen LogP contribution in [0.25, 0.3) is 0 Å². The normalized spacial score (nSPS) is 12.0. The zero-order valence-corrected chi connectivity index (χ0v) is 18.7. The van der Waals surface area contributed by atoms with Gasteiger partial charge in [-0.25, -0.2) is 0 Å². The molecule has 33 heavy (non-hydrogen) atoms. The van der Waals surface area contributed by atoms with Gasteiger partial charge in [-0.1, -0.05) is 54.1 Å². The lowest BCUT2D eigenvalue weighted by Gasteiger charge is -2.20. The highest BCUT2D eigenvalue weighted by atomic mass is 32.2. The van der Waals surface area contributed by atoms with Crippen molar-refractivity contribution in [3.05, 3.63) is 94.5 Å². The summed E-state index contributed by atoms with van der Waals surface area (Å²) in [6.45, 7) is 1.53. The Hall–Kier alpha value is -3.71. The average Bonchev–Trinajstić information content (AvgIpc) is 2.82. The van der Waals surface area contributed by atoms with Crippen molar-refractivity contribution in [3.8, 4) is 0 Å². The number of carbonyl (C=O) groups is 4. The van der Waals surface area contributed by atoms with Gasteiger partial charge in [0.2, 0.25) is 0 Å². The van der Waals surface area contributed by atoms with Gasteiger partial charge in [0.25, 0.3) is 5.91 Å². The minimum atomic E-state index is -0.581. The summed E-state index contributed by atoms with van der Waals surface area (Å²) in [4.78, 5) is 51.2. The molecule has 0 unspecified atom stereocenters. The smallest absolute Gasteiger partial charge is 0.307 e. The van der Waals surface area contributed by atoms with Crippen LogP contribution in [0, 0.1) is 6.92 Å². The summed E-state index contributed by atoms with van der Waals surface area (Å²) in [5, 5.41) is 2.60.